The zero-order valence-electron chi connectivity index (χ0n) is 10.9. The van der Waals surface area contributed by atoms with Gasteiger partial charge in [-0.2, -0.15) is 0 Å². The van der Waals surface area contributed by atoms with Crippen LogP contribution in [0.1, 0.15) is 12.8 Å². The van der Waals surface area contributed by atoms with Crippen molar-refractivity contribution in [3.05, 3.63) is 23.1 Å². The van der Waals surface area contributed by atoms with Gasteiger partial charge in [0.1, 0.15) is 0 Å². The lowest BCUT2D eigenvalue weighted by atomic mass is 9.96. The van der Waals surface area contributed by atoms with Crippen molar-refractivity contribution < 1.29 is 4.39 Å². The predicted molar refractivity (Wildman–Crippen MR) is 72.7 cm³/mol. The van der Waals surface area contributed by atoms with Crippen LogP contribution < -0.4 is 4.90 Å². The van der Waals surface area contributed by atoms with Gasteiger partial charge in [0, 0.05) is 25.8 Å². The quantitative estimate of drug-likeness (QED) is 0.843. The topological polar surface area (TPSA) is 19.4 Å². The zero-order chi connectivity index (χ0) is 13.1. The molecule has 2 rings (SSSR count). The highest BCUT2D eigenvalue weighted by Crippen LogP contribution is 2.25. The number of halogens is 2. The van der Waals surface area contributed by atoms with Crippen molar-refractivity contribution in [1.82, 2.24) is 9.88 Å². The van der Waals surface area contributed by atoms with Crippen molar-refractivity contribution in [2.24, 2.45) is 5.92 Å². The number of rotatable bonds is 3. The van der Waals surface area contributed by atoms with Crippen LogP contribution >= 0.6 is 11.6 Å². The van der Waals surface area contributed by atoms with Gasteiger partial charge in [0.15, 0.2) is 11.6 Å². The van der Waals surface area contributed by atoms with E-state index in [4.69, 9.17) is 11.6 Å². The van der Waals surface area contributed by atoms with Gasteiger partial charge in [-0.1, -0.05) is 11.6 Å². The first-order valence-corrected chi connectivity index (χ1v) is 6.65. The Kier molecular flexibility index (Phi) is 4.40. The van der Waals surface area contributed by atoms with Gasteiger partial charge in [0.05, 0.1) is 5.02 Å². The third kappa shape index (κ3) is 3.33. The summed E-state index contributed by atoms with van der Waals surface area (Å²) in [5, 5.41) is 0.346. The summed E-state index contributed by atoms with van der Waals surface area (Å²) in [4.78, 5) is 8.32. The molecule has 5 heteroatoms. The van der Waals surface area contributed by atoms with Crippen molar-refractivity contribution in [3.63, 3.8) is 0 Å². The lowest BCUT2D eigenvalue weighted by Crippen LogP contribution is -2.37. The summed E-state index contributed by atoms with van der Waals surface area (Å²) in [5.74, 6) is 0.808. The maximum atomic E-state index is 13.7. The molecule has 0 amide bonds. The molecule has 1 aromatic rings. The van der Waals surface area contributed by atoms with Gasteiger partial charge in [-0.3, -0.25) is 0 Å². The second-order valence-electron chi connectivity index (χ2n) is 5.15. The average molecular weight is 272 g/mol. The molecule has 18 heavy (non-hydrogen) atoms. The normalized spacial score (nSPS) is 17.5. The third-order valence-corrected chi connectivity index (χ3v) is 3.53. The Morgan fingerprint density at radius 3 is 2.67 bits per heavy atom. The standard InChI is InChI=1S/C13H19ClFN3/c1-17(2)9-10-3-5-18(6-4-10)13-12(15)7-11(14)8-16-13/h7-8,10H,3-6,9H2,1-2H3. The molecular weight excluding hydrogens is 253 g/mol. The van der Waals surface area contributed by atoms with E-state index >= 15 is 0 Å². The first-order valence-electron chi connectivity index (χ1n) is 6.27. The second-order valence-corrected chi connectivity index (χ2v) is 5.59. The van der Waals surface area contributed by atoms with Crippen molar-refractivity contribution in [2.45, 2.75) is 12.8 Å². The van der Waals surface area contributed by atoms with Crippen molar-refractivity contribution in [3.8, 4) is 0 Å². The highest BCUT2D eigenvalue weighted by atomic mass is 35.5. The fraction of sp³-hybridized carbons (Fsp3) is 0.615. The maximum absolute atomic E-state index is 13.7. The van der Waals surface area contributed by atoms with Gasteiger partial charge in [0.2, 0.25) is 0 Å². The van der Waals surface area contributed by atoms with Crippen LogP contribution in [0.3, 0.4) is 0 Å². The predicted octanol–water partition coefficient (Wildman–Crippen LogP) is 2.65. The number of hydrogen-bond acceptors (Lipinski definition) is 3. The minimum Gasteiger partial charge on any atom is -0.354 e. The van der Waals surface area contributed by atoms with Crippen LogP contribution in [0.4, 0.5) is 10.2 Å². The van der Waals surface area contributed by atoms with Crippen LogP contribution in [0.5, 0.6) is 0 Å². The molecule has 0 N–H and O–H groups in total. The Hall–Kier alpha value is -0.870. The van der Waals surface area contributed by atoms with Gasteiger partial charge in [0.25, 0.3) is 0 Å². The molecule has 1 fully saturated rings. The van der Waals surface area contributed by atoms with Gasteiger partial charge < -0.3 is 9.80 Å². The maximum Gasteiger partial charge on any atom is 0.167 e. The number of pyridine rings is 1. The van der Waals surface area contributed by atoms with Crippen LogP contribution in [-0.4, -0.2) is 43.6 Å². The number of piperidine rings is 1. The number of hydrogen-bond donors (Lipinski definition) is 0. The van der Waals surface area contributed by atoms with E-state index in [1.165, 1.54) is 12.3 Å². The molecule has 0 spiro atoms. The van der Waals surface area contributed by atoms with Crippen molar-refractivity contribution >= 4 is 17.4 Å². The summed E-state index contributed by atoms with van der Waals surface area (Å²) in [7, 11) is 4.18. The molecule has 1 aromatic heterocycles. The lowest BCUT2D eigenvalue weighted by Gasteiger charge is -2.34. The van der Waals surface area contributed by atoms with Gasteiger partial charge in [-0.15, -0.1) is 0 Å². The minimum atomic E-state index is -0.325. The van der Waals surface area contributed by atoms with E-state index in [2.05, 4.69) is 24.0 Å². The molecule has 0 aromatic carbocycles. The van der Waals surface area contributed by atoms with Crippen LogP contribution in [0.2, 0.25) is 5.02 Å². The van der Waals surface area contributed by atoms with E-state index in [1.807, 2.05) is 4.90 Å². The van der Waals surface area contributed by atoms with Crippen LogP contribution in [0.25, 0.3) is 0 Å². The fourth-order valence-corrected chi connectivity index (χ4v) is 2.63. The van der Waals surface area contributed by atoms with Gasteiger partial charge >= 0.3 is 0 Å². The highest BCUT2D eigenvalue weighted by Gasteiger charge is 2.22. The zero-order valence-corrected chi connectivity index (χ0v) is 11.6. The molecule has 0 atom stereocenters. The average Bonchev–Trinajstić information content (AvgIpc) is 2.30. The summed E-state index contributed by atoms with van der Waals surface area (Å²) in [6.07, 6.45) is 3.68. The van der Waals surface area contributed by atoms with E-state index < -0.39 is 0 Å². The first kappa shape index (κ1) is 13.6. The molecule has 0 saturated carbocycles. The molecular formula is C13H19ClFN3. The molecule has 1 aliphatic rings. The second kappa shape index (κ2) is 5.85. The van der Waals surface area contributed by atoms with E-state index in [9.17, 15) is 4.39 Å². The van der Waals surface area contributed by atoms with Crippen molar-refractivity contribution in [2.75, 3.05) is 38.6 Å². The van der Waals surface area contributed by atoms with Gasteiger partial charge in [-0.05, 0) is 38.9 Å². The molecule has 1 saturated heterocycles. The molecule has 3 nitrogen and oxygen atoms in total. The summed E-state index contributed by atoms with van der Waals surface area (Å²) in [6, 6.07) is 1.33. The van der Waals surface area contributed by atoms with Crippen LogP contribution in [-0.2, 0) is 0 Å². The van der Waals surface area contributed by atoms with Crippen LogP contribution in [0.15, 0.2) is 12.3 Å². The van der Waals surface area contributed by atoms with E-state index in [0.717, 1.165) is 32.5 Å². The SMILES string of the molecule is CN(C)CC1CCN(c2ncc(Cl)cc2F)CC1. The number of aromatic nitrogens is 1. The monoisotopic (exact) mass is 271 g/mol. The Balaban J connectivity index is 1.97. The summed E-state index contributed by atoms with van der Waals surface area (Å²) in [6.45, 7) is 2.83. The highest BCUT2D eigenvalue weighted by molar-refractivity contribution is 6.30. The molecule has 1 aliphatic heterocycles. The Labute approximate surface area is 113 Å². The Morgan fingerprint density at radius 1 is 1.44 bits per heavy atom. The number of anilines is 1. The van der Waals surface area contributed by atoms with Crippen molar-refractivity contribution in [1.29, 1.82) is 0 Å². The number of nitrogens with zero attached hydrogens (tertiary/aromatic N) is 3. The smallest absolute Gasteiger partial charge is 0.167 e. The molecule has 100 valence electrons. The summed E-state index contributed by atoms with van der Waals surface area (Å²) < 4.78 is 13.7. The van der Waals surface area contributed by atoms with Gasteiger partial charge in [-0.25, -0.2) is 9.37 Å². The minimum absolute atomic E-state index is 0.325. The largest absolute Gasteiger partial charge is 0.354 e. The Bertz CT molecular complexity index is 403. The Morgan fingerprint density at radius 2 is 2.11 bits per heavy atom. The summed E-state index contributed by atoms with van der Waals surface area (Å²) in [5.41, 5.74) is 0. The molecule has 0 unspecified atom stereocenters. The molecule has 0 bridgehead atoms. The fourth-order valence-electron chi connectivity index (χ4n) is 2.48. The lowest BCUT2D eigenvalue weighted by molar-refractivity contribution is 0.284. The molecule has 0 radical (unpaired) electrons. The first-order chi connectivity index (χ1) is 8.56. The summed E-state index contributed by atoms with van der Waals surface area (Å²) >= 11 is 5.71. The molecule has 0 aliphatic carbocycles. The molecule has 2 heterocycles. The van der Waals surface area contributed by atoms with E-state index in [-0.39, 0.29) is 5.82 Å². The van der Waals surface area contributed by atoms with E-state index in [1.54, 1.807) is 0 Å². The third-order valence-electron chi connectivity index (χ3n) is 3.33. The van der Waals surface area contributed by atoms with Crippen LogP contribution in [0, 0.1) is 11.7 Å². The van der Waals surface area contributed by atoms with E-state index in [0.29, 0.717) is 16.8 Å².